The van der Waals surface area contributed by atoms with Crippen molar-refractivity contribution in [3.63, 3.8) is 0 Å². The third-order valence-corrected chi connectivity index (χ3v) is 1.52. The highest BCUT2D eigenvalue weighted by molar-refractivity contribution is 9.11. The summed E-state index contributed by atoms with van der Waals surface area (Å²) < 4.78 is 0.744. The first-order valence-corrected chi connectivity index (χ1v) is 4.25. The van der Waals surface area contributed by atoms with Crippen molar-refractivity contribution in [1.82, 2.24) is 0 Å². The van der Waals surface area contributed by atoms with Gasteiger partial charge in [-0.1, -0.05) is 13.0 Å². The molecule has 62 valence electrons. The minimum Gasteiger partial charge on any atom is -0.507 e. The van der Waals surface area contributed by atoms with E-state index in [2.05, 4.69) is 20.9 Å². The normalized spacial score (nSPS) is 14.5. The number of nitrogens with zero attached hydrogens (tertiary/aromatic N) is 1. The van der Waals surface area contributed by atoms with E-state index in [0.717, 1.165) is 11.0 Å². The van der Waals surface area contributed by atoms with E-state index in [4.69, 9.17) is 5.11 Å². The monoisotopic (exact) mass is 217 g/mol. The van der Waals surface area contributed by atoms with Gasteiger partial charge < -0.3 is 5.11 Å². The van der Waals surface area contributed by atoms with Crippen LogP contribution in [0.1, 0.15) is 20.3 Å². The number of allylic oxidation sites excluding steroid dienone is 3. The van der Waals surface area contributed by atoms with Gasteiger partial charge in [0.2, 0.25) is 0 Å². The highest BCUT2D eigenvalue weighted by Gasteiger charge is 1.84. The third-order valence-electron chi connectivity index (χ3n) is 0.988. The number of hydrogen-bond donors (Lipinski definition) is 1. The van der Waals surface area contributed by atoms with Crippen LogP contribution in [0, 0.1) is 0 Å². The molecular formula is C8H12BrNO. The lowest BCUT2D eigenvalue weighted by molar-refractivity contribution is 0.445. The second-order valence-electron chi connectivity index (χ2n) is 1.91. The number of hydrogen-bond acceptors (Lipinski definition) is 2. The van der Waals surface area contributed by atoms with Crippen molar-refractivity contribution in [2.24, 2.45) is 4.99 Å². The van der Waals surface area contributed by atoms with E-state index in [0.29, 0.717) is 0 Å². The maximum atomic E-state index is 8.94. The van der Waals surface area contributed by atoms with Crippen LogP contribution in [0.5, 0.6) is 0 Å². The van der Waals surface area contributed by atoms with Crippen LogP contribution < -0.4 is 0 Å². The minimum atomic E-state index is 0.173. The van der Waals surface area contributed by atoms with Gasteiger partial charge in [0.25, 0.3) is 0 Å². The molecule has 0 aliphatic heterocycles. The molecule has 0 aromatic carbocycles. The fourth-order valence-electron chi connectivity index (χ4n) is 0.423. The fraction of sp³-hybridized carbons (Fsp3) is 0.375. The molecule has 0 aromatic rings. The summed E-state index contributed by atoms with van der Waals surface area (Å²) in [6.45, 7) is 3.77. The topological polar surface area (TPSA) is 32.6 Å². The first kappa shape index (κ1) is 10.4. The summed E-state index contributed by atoms with van der Waals surface area (Å²) in [5, 5.41) is 8.94. The zero-order valence-electron chi connectivity index (χ0n) is 6.71. The average Bonchev–Trinajstić information content (AvgIpc) is 2.01. The van der Waals surface area contributed by atoms with Crippen LogP contribution in [-0.2, 0) is 0 Å². The Kier molecular flexibility index (Phi) is 5.84. The molecule has 0 fully saturated rings. The maximum Gasteiger partial charge on any atom is 0.129 e. The zero-order chi connectivity index (χ0) is 8.69. The van der Waals surface area contributed by atoms with Gasteiger partial charge in [-0.2, -0.15) is 0 Å². The molecule has 0 heterocycles. The molecule has 0 aromatic heterocycles. The molecule has 0 aliphatic carbocycles. The Morgan fingerprint density at radius 3 is 2.73 bits per heavy atom. The van der Waals surface area contributed by atoms with E-state index in [-0.39, 0.29) is 5.76 Å². The van der Waals surface area contributed by atoms with Gasteiger partial charge in [-0.3, -0.25) is 0 Å². The van der Waals surface area contributed by atoms with Gasteiger partial charge in [-0.05, 0) is 35.4 Å². The highest BCUT2D eigenvalue weighted by Crippen LogP contribution is 2.06. The lowest BCUT2D eigenvalue weighted by atomic mass is 10.5. The van der Waals surface area contributed by atoms with E-state index < -0.39 is 0 Å². The Balaban J connectivity index is 4.03. The standard InChI is InChI=1S/C8H12BrNO/c1-3-5-8(9)10-6-7(11)4-2/h4-6,11H,3H2,1-2H3/b7-4+,8-5+,10-6+. The SMILES string of the molecule is C\C=C(O)/C=N/C(Br)=C/CC. The number of aliphatic imine (C=N–C) groups is 1. The van der Waals surface area contributed by atoms with Gasteiger partial charge in [-0.15, -0.1) is 0 Å². The van der Waals surface area contributed by atoms with Gasteiger partial charge >= 0.3 is 0 Å². The van der Waals surface area contributed by atoms with E-state index in [9.17, 15) is 0 Å². The van der Waals surface area contributed by atoms with Crippen LogP contribution in [0.2, 0.25) is 0 Å². The number of halogens is 1. The predicted molar refractivity (Wildman–Crippen MR) is 52.2 cm³/mol. The van der Waals surface area contributed by atoms with Gasteiger partial charge in [0.1, 0.15) is 10.4 Å². The van der Waals surface area contributed by atoms with E-state index in [1.807, 2.05) is 13.0 Å². The second-order valence-corrected chi connectivity index (χ2v) is 2.72. The molecule has 0 spiro atoms. The molecule has 3 heteroatoms. The molecule has 0 rings (SSSR count). The Morgan fingerprint density at radius 1 is 1.64 bits per heavy atom. The Hall–Kier alpha value is -0.570. The van der Waals surface area contributed by atoms with Crippen LogP contribution >= 0.6 is 15.9 Å². The lowest BCUT2D eigenvalue weighted by Crippen LogP contribution is -1.79. The third kappa shape index (κ3) is 5.85. The van der Waals surface area contributed by atoms with Crippen LogP contribution in [0.3, 0.4) is 0 Å². The summed E-state index contributed by atoms with van der Waals surface area (Å²) >= 11 is 3.22. The zero-order valence-corrected chi connectivity index (χ0v) is 8.30. The quantitative estimate of drug-likeness (QED) is 0.440. The molecular weight excluding hydrogens is 206 g/mol. The predicted octanol–water partition coefficient (Wildman–Crippen LogP) is 3.17. The van der Waals surface area contributed by atoms with E-state index in [1.165, 1.54) is 6.21 Å². The minimum absolute atomic E-state index is 0.173. The van der Waals surface area contributed by atoms with E-state index >= 15 is 0 Å². The summed E-state index contributed by atoms with van der Waals surface area (Å²) in [6, 6.07) is 0. The Bertz CT molecular complexity index is 194. The molecule has 0 bridgehead atoms. The molecule has 0 aliphatic rings. The summed E-state index contributed by atoms with van der Waals surface area (Å²) in [5.74, 6) is 0.173. The number of aliphatic hydroxyl groups excluding tert-OH is 1. The Labute approximate surface area is 75.5 Å². The first-order valence-electron chi connectivity index (χ1n) is 3.45. The fourth-order valence-corrected chi connectivity index (χ4v) is 0.850. The van der Waals surface area contributed by atoms with Crippen molar-refractivity contribution >= 4 is 22.1 Å². The van der Waals surface area contributed by atoms with Crippen molar-refractivity contribution in [2.45, 2.75) is 20.3 Å². The molecule has 0 atom stereocenters. The molecule has 0 amide bonds. The maximum absolute atomic E-state index is 8.94. The first-order chi connectivity index (χ1) is 5.20. The van der Waals surface area contributed by atoms with Crippen molar-refractivity contribution in [3.8, 4) is 0 Å². The van der Waals surface area contributed by atoms with Crippen molar-refractivity contribution in [2.75, 3.05) is 0 Å². The molecule has 2 nitrogen and oxygen atoms in total. The van der Waals surface area contributed by atoms with Crippen LogP contribution in [0.4, 0.5) is 0 Å². The molecule has 0 unspecified atom stereocenters. The Morgan fingerprint density at radius 2 is 2.27 bits per heavy atom. The molecule has 1 N–H and O–H groups in total. The highest BCUT2D eigenvalue weighted by atomic mass is 79.9. The van der Waals surface area contributed by atoms with Gasteiger partial charge in [-0.25, -0.2) is 4.99 Å². The smallest absolute Gasteiger partial charge is 0.129 e. The van der Waals surface area contributed by atoms with Crippen molar-refractivity contribution < 1.29 is 5.11 Å². The summed E-state index contributed by atoms with van der Waals surface area (Å²) in [6.07, 6.45) is 5.82. The summed E-state index contributed by atoms with van der Waals surface area (Å²) in [4.78, 5) is 3.92. The van der Waals surface area contributed by atoms with Gasteiger partial charge in [0, 0.05) is 0 Å². The van der Waals surface area contributed by atoms with E-state index in [1.54, 1.807) is 13.0 Å². The van der Waals surface area contributed by atoms with Gasteiger partial charge in [0.05, 0.1) is 6.21 Å². The van der Waals surface area contributed by atoms with Crippen molar-refractivity contribution in [3.05, 3.63) is 22.5 Å². The number of aliphatic hydroxyl groups is 1. The largest absolute Gasteiger partial charge is 0.507 e. The number of rotatable bonds is 3. The van der Waals surface area contributed by atoms with Crippen molar-refractivity contribution in [1.29, 1.82) is 0 Å². The molecule has 11 heavy (non-hydrogen) atoms. The molecule has 0 saturated carbocycles. The average molecular weight is 218 g/mol. The van der Waals surface area contributed by atoms with Crippen LogP contribution in [0.15, 0.2) is 27.5 Å². The summed E-state index contributed by atoms with van der Waals surface area (Å²) in [7, 11) is 0. The molecule has 0 saturated heterocycles. The lowest BCUT2D eigenvalue weighted by Gasteiger charge is -1.88. The van der Waals surface area contributed by atoms with Crippen LogP contribution in [-0.4, -0.2) is 11.3 Å². The van der Waals surface area contributed by atoms with Gasteiger partial charge in [0.15, 0.2) is 0 Å². The van der Waals surface area contributed by atoms with Crippen LogP contribution in [0.25, 0.3) is 0 Å². The molecule has 0 radical (unpaired) electrons. The second kappa shape index (κ2) is 6.16. The summed E-state index contributed by atoms with van der Waals surface area (Å²) in [5.41, 5.74) is 0.